The number of aromatic hydroxyl groups is 1. The van der Waals surface area contributed by atoms with Crippen molar-refractivity contribution in [3.63, 3.8) is 0 Å². The number of nitrogens with zero attached hydrogens (tertiary/aromatic N) is 3. The average Bonchev–Trinajstić information content (AvgIpc) is 2.64. The molecule has 0 aliphatic carbocycles. The number of hydrogen-bond donors (Lipinski definition) is 2. The lowest BCUT2D eigenvalue weighted by molar-refractivity contribution is 0.0773. The first-order chi connectivity index (χ1) is 12.9. The highest BCUT2D eigenvalue weighted by Gasteiger charge is 2.24. The Balaban J connectivity index is 2.02. The predicted octanol–water partition coefficient (Wildman–Crippen LogP) is 2.09. The van der Waals surface area contributed by atoms with Gasteiger partial charge in [0.05, 0.1) is 17.8 Å². The summed E-state index contributed by atoms with van der Waals surface area (Å²) < 4.78 is 28.0. The molecule has 0 saturated heterocycles. The van der Waals surface area contributed by atoms with E-state index < -0.39 is 45.9 Å². The fourth-order valence-electron chi connectivity index (χ4n) is 2.45. The lowest BCUT2D eigenvalue weighted by atomic mass is 10.1. The number of pyridine rings is 1. The van der Waals surface area contributed by atoms with Crippen molar-refractivity contribution >= 4 is 5.91 Å². The van der Waals surface area contributed by atoms with Gasteiger partial charge in [-0.3, -0.25) is 14.6 Å². The van der Waals surface area contributed by atoms with Crippen LogP contribution in [-0.2, 0) is 6.54 Å². The summed E-state index contributed by atoms with van der Waals surface area (Å²) in [5, 5.41) is 9.94. The average molecular weight is 372 g/mol. The van der Waals surface area contributed by atoms with Crippen LogP contribution in [0.15, 0.2) is 47.4 Å². The van der Waals surface area contributed by atoms with Crippen molar-refractivity contribution in [2.24, 2.45) is 0 Å². The summed E-state index contributed by atoms with van der Waals surface area (Å²) >= 11 is 0. The summed E-state index contributed by atoms with van der Waals surface area (Å²) in [6.07, 6.45) is 1.55. The molecule has 3 aromatic rings. The van der Waals surface area contributed by atoms with E-state index in [-0.39, 0.29) is 6.54 Å². The molecule has 0 saturated carbocycles. The van der Waals surface area contributed by atoms with Crippen molar-refractivity contribution in [2.75, 3.05) is 7.05 Å². The highest BCUT2D eigenvalue weighted by Crippen LogP contribution is 2.24. The maximum Gasteiger partial charge on any atom is 0.294 e. The van der Waals surface area contributed by atoms with Crippen LogP contribution in [0.25, 0.3) is 11.4 Å². The van der Waals surface area contributed by atoms with Gasteiger partial charge >= 0.3 is 0 Å². The molecule has 0 atom stereocenters. The van der Waals surface area contributed by atoms with E-state index in [0.717, 1.165) is 18.2 Å². The minimum Gasteiger partial charge on any atom is -0.501 e. The second kappa shape index (κ2) is 7.32. The summed E-state index contributed by atoms with van der Waals surface area (Å²) in [7, 11) is 1.42. The van der Waals surface area contributed by atoms with Crippen LogP contribution in [0.1, 0.15) is 16.2 Å². The molecule has 2 heterocycles. The van der Waals surface area contributed by atoms with Crippen molar-refractivity contribution in [1.82, 2.24) is 19.9 Å². The Bertz CT molecular complexity index is 1030. The maximum atomic E-state index is 14.0. The topological polar surface area (TPSA) is 99.2 Å². The number of halogens is 2. The number of amides is 1. The SMILES string of the molecule is CN(Cc1ccccn1)C(=O)c1nc(-c2c(F)cccc2F)[nH]c(=O)c1O. The summed E-state index contributed by atoms with van der Waals surface area (Å²) in [5.41, 5.74) is -1.74. The van der Waals surface area contributed by atoms with Crippen molar-refractivity contribution in [3.05, 3.63) is 76.0 Å². The van der Waals surface area contributed by atoms with Crippen LogP contribution in [-0.4, -0.2) is 37.9 Å². The first kappa shape index (κ1) is 18.2. The van der Waals surface area contributed by atoms with Crippen LogP contribution in [0.3, 0.4) is 0 Å². The fourth-order valence-corrected chi connectivity index (χ4v) is 2.45. The summed E-state index contributed by atoms with van der Waals surface area (Å²) in [5.74, 6) is -4.17. The first-order valence-electron chi connectivity index (χ1n) is 7.81. The number of hydrogen-bond acceptors (Lipinski definition) is 5. The first-order valence-corrected chi connectivity index (χ1v) is 7.81. The second-order valence-corrected chi connectivity index (χ2v) is 5.69. The molecule has 0 spiro atoms. The standard InChI is InChI=1S/C18H14F2N4O3/c1-24(9-10-5-2-3-8-21-10)18(27)14-15(25)17(26)23-16(22-14)13-11(19)6-4-7-12(13)20/h2-8,25H,9H2,1H3,(H,22,23,26). The number of nitrogens with one attached hydrogen (secondary N) is 1. The van der Waals surface area contributed by atoms with Crippen molar-refractivity contribution in [1.29, 1.82) is 0 Å². The molecule has 0 aliphatic rings. The zero-order valence-corrected chi connectivity index (χ0v) is 14.1. The van der Waals surface area contributed by atoms with E-state index in [1.807, 2.05) is 0 Å². The van der Waals surface area contributed by atoms with E-state index in [0.29, 0.717) is 5.69 Å². The van der Waals surface area contributed by atoms with Gasteiger partial charge in [0, 0.05) is 13.2 Å². The van der Waals surface area contributed by atoms with Crippen LogP contribution >= 0.6 is 0 Å². The summed E-state index contributed by atoms with van der Waals surface area (Å²) in [6, 6.07) is 8.27. The Morgan fingerprint density at radius 2 is 1.89 bits per heavy atom. The molecule has 27 heavy (non-hydrogen) atoms. The third kappa shape index (κ3) is 3.66. The third-order valence-electron chi connectivity index (χ3n) is 3.77. The molecule has 1 amide bonds. The van der Waals surface area contributed by atoms with Crippen molar-refractivity contribution in [3.8, 4) is 17.1 Å². The van der Waals surface area contributed by atoms with Crippen molar-refractivity contribution in [2.45, 2.75) is 6.54 Å². The molecule has 2 N–H and O–H groups in total. The molecule has 138 valence electrons. The van der Waals surface area contributed by atoms with Gasteiger partial charge in [0.1, 0.15) is 17.5 Å². The second-order valence-electron chi connectivity index (χ2n) is 5.69. The van der Waals surface area contributed by atoms with Gasteiger partial charge < -0.3 is 15.0 Å². The molecule has 2 aromatic heterocycles. The van der Waals surface area contributed by atoms with Crippen molar-refractivity contribution < 1.29 is 18.7 Å². The highest BCUT2D eigenvalue weighted by molar-refractivity contribution is 5.95. The number of H-pyrrole nitrogens is 1. The molecule has 0 aliphatic heterocycles. The third-order valence-corrected chi connectivity index (χ3v) is 3.77. The molecular formula is C18H14F2N4O3. The zero-order chi connectivity index (χ0) is 19.6. The van der Waals surface area contributed by atoms with E-state index >= 15 is 0 Å². The Morgan fingerprint density at radius 1 is 1.19 bits per heavy atom. The smallest absolute Gasteiger partial charge is 0.294 e. The van der Waals surface area contributed by atoms with Gasteiger partial charge in [0.15, 0.2) is 5.69 Å². The van der Waals surface area contributed by atoms with E-state index in [4.69, 9.17) is 0 Å². The molecule has 0 bridgehead atoms. The molecule has 0 unspecified atom stereocenters. The largest absolute Gasteiger partial charge is 0.501 e. The lowest BCUT2D eigenvalue weighted by Crippen LogP contribution is -2.29. The molecule has 9 heteroatoms. The minimum absolute atomic E-state index is 0.0803. The minimum atomic E-state index is -1.09. The van der Waals surface area contributed by atoms with Gasteiger partial charge in [-0.2, -0.15) is 0 Å². The van der Waals surface area contributed by atoms with Gasteiger partial charge in [-0.15, -0.1) is 0 Å². The normalized spacial score (nSPS) is 10.6. The Morgan fingerprint density at radius 3 is 2.52 bits per heavy atom. The lowest BCUT2D eigenvalue weighted by Gasteiger charge is -2.17. The maximum absolute atomic E-state index is 14.0. The van der Waals surface area contributed by atoms with Crippen LogP contribution in [0, 0.1) is 11.6 Å². The molecular weight excluding hydrogens is 358 g/mol. The van der Waals surface area contributed by atoms with Gasteiger partial charge in [-0.1, -0.05) is 12.1 Å². The quantitative estimate of drug-likeness (QED) is 0.731. The Hall–Kier alpha value is -3.62. The molecule has 0 radical (unpaired) electrons. The van der Waals surface area contributed by atoms with E-state index in [2.05, 4.69) is 15.0 Å². The Labute approximate surface area is 152 Å². The zero-order valence-electron chi connectivity index (χ0n) is 14.1. The number of carbonyl (C=O) groups is 1. The molecule has 7 nitrogen and oxygen atoms in total. The highest BCUT2D eigenvalue weighted by atomic mass is 19.1. The van der Waals surface area contributed by atoms with E-state index in [1.165, 1.54) is 11.9 Å². The van der Waals surface area contributed by atoms with Crippen LogP contribution < -0.4 is 5.56 Å². The number of aromatic amines is 1. The van der Waals surface area contributed by atoms with Gasteiger partial charge in [-0.05, 0) is 24.3 Å². The molecule has 0 fully saturated rings. The molecule has 3 rings (SSSR count). The Kier molecular flexibility index (Phi) is 4.93. The summed E-state index contributed by atoms with van der Waals surface area (Å²) in [4.78, 5) is 35.7. The van der Waals surface area contributed by atoms with Gasteiger partial charge in [-0.25, -0.2) is 13.8 Å². The van der Waals surface area contributed by atoms with E-state index in [9.17, 15) is 23.5 Å². The molecule has 1 aromatic carbocycles. The number of aromatic nitrogens is 3. The number of rotatable bonds is 4. The van der Waals surface area contributed by atoms with E-state index in [1.54, 1.807) is 24.4 Å². The number of benzene rings is 1. The van der Waals surface area contributed by atoms with Gasteiger partial charge in [0.2, 0.25) is 5.75 Å². The van der Waals surface area contributed by atoms with Crippen LogP contribution in [0.2, 0.25) is 0 Å². The predicted molar refractivity (Wildman–Crippen MR) is 91.9 cm³/mol. The van der Waals surface area contributed by atoms with Gasteiger partial charge in [0.25, 0.3) is 11.5 Å². The number of carbonyl (C=O) groups excluding carboxylic acids is 1. The van der Waals surface area contributed by atoms with Crippen LogP contribution in [0.5, 0.6) is 5.75 Å². The fraction of sp³-hybridized carbons (Fsp3) is 0.111. The summed E-state index contributed by atoms with van der Waals surface area (Å²) in [6.45, 7) is 0.0803. The monoisotopic (exact) mass is 372 g/mol. The van der Waals surface area contributed by atoms with Crippen LogP contribution in [0.4, 0.5) is 8.78 Å².